The molecule has 0 spiro atoms. The molecule has 0 saturated carbocycles. The third-order valence-corrected chi connectivity index (χ3v) is 3.08. The zero-order chi connectivity index (χ0) is 17.0. The van der Waals surface area contributed by atoms with Gasteiger partial charge in [0.2, 0.25) is 5.91 Å². The van der Waals surface area contributed by atoms with Crippen molar-refractivity contribution in [1.29, 1.82) is 0 Å². The largest absolute Gasteiger partial charge is 0.416 e. The number of halogens is 3. The average Bonchev–Trinajstić information content (AvgIpc) is 2.54. The molecular weight excluding hydrogens is 309 g/mol. The SMILES string of the molecule is NCC(=O)Nc1ccccc1C(=O)c1cccc(C(F)(F)F)c1. The summed E-state index contributed by atoms with van der Waals surface area (Å²) in [7, 11) is 0. The van der Waals surface area contributed by atoms with E-state index in [1.54, 1.807) is 12.1 Å². The van der Waals surface area contributed by atoms with Crippen molar-refractivity contribution < 1.29 is 22.8 Å². The van der Waals surface area contributed by atoms with Gasteiger partial charge in [0.1, 0.15) is 0 Å². The van der Waals surface area contributed by atoms with E-state index in [9.17, 15) is 22.8 Å². The second-order valence-corrected chi connectivity index (χ2v) is 4.71. The predicted molar refractivity (Wildman–Crippen MR) is 79.0 cm³/mol. The number of ketones is 1. The molecule has 0 unspecified atom stereocenters. The lowest BCUT2D eigenvalue weighted by Gasteiger charge is -2.11. The van der Waals surface area contributed by atoms with Gasteiger partial charge in [0.15, 0.2) is 5.78 Å². The van der Waals surface area contributed by atoms with Crippen LogP contribution in [0.5, 0.6) is 0 Å². The van der Waals surface area contributed by atoms with Gasteiger partial charge < -0.3 is 11.1 Å². The molecule has 0 aliphatic carbocycles. The van der Waals surface area contributed by atoms with Gasteiger partial charge in [0.25, 0.3) is 0 Å². The van der Waals surface area contributed by atoms with E-state index in [4.69, 9.17) is 5.73 Å². The Morgan fingerprint density at radius 1 is 1.04 bits per heavy atom. The summed E-state index contributed by atoms with van der Waals surface area (Å²) in [5.74, 6) is -1.13. The number of anilines is 1. The van der Waals surface area contributed by atoms with Crippen LogP contribution < -0.4 is 11.1 Å². The molecule has 1 amide bonds. The molecule has 3 N–H and O–H groups in total. The molecule has 0 saturated heterocycles. The van der Waals surface area contributed by atoms with E-state index in [1.165, 1.54) is 18.2 Å². The van der Waals surface area contributed by atoms with Crippen LogP contribution >= 0.6 is 0 Å². The van der Waals surface area contributed by atoms with Gasteiger partial charge >= 0.3 is 6.18 Å². The Kier molecular flexibility index (Phi) is 4.80. The quantitative estimate of drug-likeness (QED) is 0.850. The summed E-state index contributed by atoms with van der Waals surface area (Å²) in [4.78, 5) is 23.8. The lowest BCUT2D eigenvalue weighted by molar-refractivity contribution is -0.137. The fraction of sp³-hybridized carbons (Fsp3) is 0.125. The molecule has 0 fully saturated rings. The minimum Gasteiger partial charge on any atom is -0.324 e. The second kappa shape index (κ2) is 6.62. The third kappa shape index (κ3) is 3.95. The van der Waals surface area contributed by atoms with Crippen molar-refractivity contribution in [2.24, 2.45) is 5.73 Å². The van der Waals surface area contributed by atoms with E-state index < -0.39 is 23.4 Å². The van der Waals surface area contributed by atoms with Crippen LogP contribution in [0, 0.1) is 0 Å². The minimum atomic E-state index is -4.54. The maximum Gasteiger partial charge on any atom is 0.416 e. The molecule has 2 rings (SSSR count). The van der Waals surface area contributed by atoms with Gasteiger partial charge in [-0.25, -0.2) is 0 Å². The number of nitrogens with one attached hydrogen (secondary N) is 1. The Balaban J connectivity index is 2.40. The number of carbonyl (C=O) groups excluding carboxylic acids is 2. The van der Waals surface area contributed by atoms with Crippen molar-refractivity contribution in [2.75, 3.05) is 11.9 Å². The highest BCUT2D eigenvalue weighted by molar-refractivity contribution is 6.14. The summed E-state index contributed by atoms with van der Waals surface area (Å²) in [5.41, 5.74) is 4.47. The van der Waals surface area contributed by atoms with E-state index in [1.807, 2.05) is 0 Å². The highest BCUT2D eigenvalue weighted by Gasteiger charge is 2.31. The van der Waals surface area contributed by atoms with Gasteiger partial charge in [-0.3, -0.25) is 9.59 Å². The number of amides is 1. The Hall–Kier alpha value is -2.67. The van der Waals surface area contributed by atoms with Crippen LogP contribution in [0.25, 0.3) is 0 Å². The molecule has 0 radical (unpaired) electrons. The predicted octanol–water partition coefficient (Wildman–Crippen LogP) is 2.83. The van der Waals surface area contributed by atoms with Gasteiger partial charge in [-0.1, -0.05) is 24.3 Å². The monoisotopic (exact) mass is 322 g/mol. The molecule has 4 nitrogen and oxygen atoms in total. The first-order valence-electron chi connectivity index (χ1n) is 6.64. The fourth-order valence-electron chi connectivity index (χ4n) is 1.98. The zero-order valence-electron chi connectivity index (χ0n) is 11.9. The number of alkyl halides is 3. The van der Waals surface area contributed by atoms with E-state index in [2.05, 4.69) is 5.32 Å². The van der Waals surface area contributed by atoms with Crippen LogP contribution in [-0.4, -0.2) is 18.2 Å². The van der Waals surface area contributed by atoms with Gasteiger partial charge in [0.05, 0.1) is 17.8 Å². The summed E-state index contributed by atoms with van der Waals surface area (Å²) in [5, 5.41) is 2.45. The lowest BCUT2D eigenvalue weighted by Crippen LogP contribution is -2.23. The molecule has 0 aromatic heterocycles. The van der Waals surface area contributed by atoms with Gasteiger partial charge in [-0.05, 0) is 24.3 Å². The standard InChI is InChI=1S/C16H13F3N2O2/c17-16(18,19)11-5-3-4-10(8-11)15(23)12-6-1-2-7-13(12)21-14(22)9-20/h1-8H,9,20H2,(H,21,22). The Morgan fingerprint density at radius 2 is 1.74 bits per heavy atom. The van der Waals surface area contributed by atoms with Crippen LogP contribution in [0.1, 0.15) is 21.5 Å². The second-order valence-electron chi connectivity index (χ2n) is 4.71. The van der Waals surface area contributed by atoms with E-state index >= 15 is 0 Å². The van der Waals surface area contributed by atoms with E-state index in [0.717, 1.165) is 18.2 Å². The van der Waals surface area contributed by atoms with Gasteiger partial charge in [-0.15, -0.1) is 0 Å². The van der Waals surface area contributed by atoms with Crippen molar-refractivity contribution in [3.8, 4) is 0 Å². The first-order chi connectivity index (χ1) is 10.8. The average molecular weight is 322 g/mol. The van der Waals surface area contributed by atoms with Crippen molar-refractivity contribution in [3.05, 3.63) is 65.2 Å². The summed E-state index contributed by atoms with van der Waals surface area (Å²) in [6.45, 7) is -0.272. The number of nitrogens with two attached hydrogens (primary N) is 1. The summed E-state index contributed by atoms with van der Waals surface area (Å²) >= 11 is 0. The molecular formula is C16H13F3N2O2. The number of benzene rings is 2. The molecule has 23 heavy (non-hydrogen) atoms. The molecule has 2 aromatic carbocycles. The summed E-state index contributed by atoms with van der Waals surface area (Å²) in [6.07, 6.45) is -4.54. The normalized spacial score (nSPS) is 11.1. The zero-order valence-corrected chi connectivity index (χ0v) is 11.9. The van der Waals surface area contributed by atoms with Crippen LogP contribution in [0.4, 0.5) is 18.9 Å². The first-order valence-corrected chi connectivity index (χ1v) is 6.64. The molecule has 0 aliphatic heterocycles. The number of rotatable bonds is 4. The third-order valence-electron chi connectivity index (χ3n) is 3.08. The first kappa shape index (κ1) is 16.7. The summed E-state index contributed by atoms with van der Waals surface area (Å²) in [6, 6.07) is 10.2. The maximum absolute atomic E-state index is 12.7. The molecule has 0 bridgehead atoms. The van der Waals surface area contributed by atoms with Crippen molar-refractivity contribution in [3.63, 3.8) is 0 Å². The molecule has 0 aliphatic rings. The van der Waals surface area contributed by atoms with E-state index in [-0.39, 0.29) is 23.4 Å². The van der Waals surface area contributed by atoms with Crippen LogP contribution in [-0.2, 0) is 11.0 Å². The maximum atomic E-state index is 12.7. The number of carbonyl (C=O) groups is 2. The van der Waals surface area contributed by atoms with Crippen LogP contribution in [0.3, 0.4) is 0 Å². The fourth-order valence-corrected chi connectivity index (χ4v) is 1.98. The lowest BCUT2D eigenvalue weighted by atomic mass is 9.99. The molecule has 120 valence electrons. The Morgan fingerprint density at radius 3 is 2.39 bits per heavy atom. The molecule has 0 heterocycles. The molecule has 7 heteroatoms. The molecule has 0 atom stereocenters. The van der Waals surface area contributed by atoms with Gasteiger partial charge in [-0.2, -0.15) is 13.2 Å². The molecule has 2 aromatic rings. The van der Waals surface area contributed by atoms with Crippen LogP contribution in [0.2, 0.25) is 0 Å². The van der Waals surface area contributed by atoms with Crippen molar-refractivity contribution >= 4 is 17.4 Å². The Bertz CT molecular complexity index is 742. The summed E-state index contributed by atoms with van der Waals surface area (Å²) < 4.78 is 38.2. The van der Waals surface area contributed by atoms with Gasteiger partial charge in [0, 0.05) is 11.1 Å². The number of para-hydroxylation sites is 1. The van der Waals surface area contributed by atoms with Crippen molar-refractivity contribution in [2.45, 2.75) is 6.18 Å². The smallest absolute Gasteiger partial charge is 0.324 e. The topological polar surface area (TPSA) is 72.2 Å². The van der Waals surface area contributed by atoms with Crippen LogP contribution in [0.15, 0.2) is 48.5 Å². The number of hydrogen-bond donors (Lipinski definition) is 2. The minimum absolute atomic E-state index is 0.0913. The highest BCUT2D eigenvalue weighted by Crippen LogP contribution is 2.30. The highest BCUT2D eigenvalue weighted by atomic mass is 19.4. The Labute approximate surface area is 130 Å². The van der Waals surface area contributed by atoms with E-state index in [0.29, 0.717) is 0 Å². The number of hydrogen-bond acceptors (Lipinski definition) is 3. The van der Waals surface area contributed by atoms with Crippen molar-refractivity contribution in [1.82, 2.24) is 0 Å².